The minimum Gasteiger partial charge on any atom is -0.399 e. The molecule has 1 atom stereocenters. The first-order valence-electron chi connectivity index (χ1n) is 5.53. The molecule has 1 rings (SSSR count). The lowest BCUT2D eigenvalue weighted by atomic mass is 10.3. The van der Waals surface area contributed by atoms with Crippen molar-refractivity contribution in [1.29, 1.82) is 0 Å². The third kappa shape index (κ3) is 4.12. The Morgan fingerprint density at radius 1 is 1.37 bits per heavy atom. The van der Waals surface area contributed by atoms with Gasteiger partial charge in [0.05, 0.1) is 0 Å². The van der Waals surface area contributed by atoms with Crippen molar-refractivity contribution in [3.63, 3.8) is 0 Å². The van der Waals surface area contributed by atoms with Crippen LogP contribution < -0.4 is 10.5 Å². The van der Waals surface area contributed by atoms with Gasteiger partial charge in [0, 0.05) is 25.4 Å². The molecule has 19 heavy (non-hydrogen) atoms. The predicted molar refractivity (Wildman–Crippen MR) is 67.0 cm³/mol. The van der Waals surface area contributed by atoms with Gasteiger partial charge in [0.15, 0.2) is 4.90 Å². The number of sulfonamides is 1. The number of methoxy groups -OCH3 is 1. The summed E-state index contributed by atoms with van der Waals surface area (Å²) in [5.74, 6) is -2.44. The smallest absolute Gasteiger partial charge is 0.246 e. The molecule has 1 unspecified atom stereocenters. The predicted octanol–water partition coefficient (Wildman–Crippen LogP) is 1.25. The summed E-state index contributed by atoms with van der Waals surface area (Å²) in [7, 11) is -2.81. The number of nitrogens with one attached hydrogen (secondary N) is 1. The Balaban J connectivity index is 3.01. The summed E-state index contributed by atoms with van der Waals surface area (Å²) >= 11 is 0. The minimum atomic E-state index is -4.28. The van der Waals surface area contributed by atoms with Gasteiger partial charge in [-0.2, -0.15) is 0 Å². The maximum Gasteiger partial charge on any atom is 0.246 e. The van der Waals surface area contributed by atoms with Crippen molar-refractivity contribution in [3.8, 4) is 0 Å². The number of nitrogens with two attached hydrogens (primary N) is 1. The van der Waals surface area contributed by atoms with Crippen molar-refractivity contribution in [2.45, 2.75) is 24.3 Å². The molecule has 0 fully saturated rings. The zero-order chi connectivity index (χ0) is 14.6. The molecule has 3 N–H and O–H groups in total. The molecule has 0 bridgehead atoms. The van der Waals surface area contributed by atoms with E-state index in [2.05, 4.69) is 4.72 Å². The Bertz CT molecular complexity index is 526. The van der Waals surface area contributed by atoms with Crippen molar-refractivity contribution >= 4 is 15.7 Å². The van der Waals surface area contributed by atoms with Crippen LogP contribution in [-0.4, -0.2) is 28.2 Å². The molecule has 0 aromatic heterocycles. The van der Waals surface area contributed by atoms with Crippen molar-refractivity contribution in [3.05, 3.63) is 23.8 Å². The van der Waals surface area contributed by atoms with Crippen molar-refractivity contribution < 1.29 is 21.9 Å². The SMILES string of the molecule is COCCC(C)NS(=O)(=O)c1c(F)cc(N)cc1F. The Kier molecular flexibility index (Phi) is 5.21. The van der Waals surface area contributed by atoms with Gasteiger partial charge >= 0.3 is 0 Å². The van der Waals surface area contributed by atoms with Crippen LogP contribution in [-0.2, 0) is 14.8 Å². The molecule has 0 saturated carbocycles. The van der Waals surface area contributed by atoms with Crippen molar-refractivity contribution in [1.82, 2.24) is 4.72 Å². The molecular formula is C11H16F2N2O3S. The first-order chi connectivity index (χ1) is 8.77. The van der Waals surface area contributed by atoms with E-state index in [1.165, 1.54) is 7.11 Å². The van der Waals surface area contributed by atoms with E-state index < -0.39 is 32.6 Å². The van der Waals surface area contributed by atoms with Crippen LogP contribution >= 0.6 is 0 Å². The van der Waals surface area contributed by atoms with Crippen LogP contribution in [0.5, 0.6) is 0 Å². The Morgan fingerprint density at radius 2 is 1.89 bits per heavy atom. The Hall–Kier alpha value is -1.25. The molecule has 0 saturated heterocycles. The molecule has 0 aliphatic heterocycles. The quantitative estimate of drug-likeness (QED) is 0.774. The van der Waals surface area contributed by atoms with Gasteiger partial charge < -0.3 is 10.5 Å². The summed E-state index contributed by atoms with van der Waals surface area (Å²) in [6.07, 6.45) is 0.383. The molecule has 0 aliphatic carbocycles. The van der Waals surface area contributed by atoms with Gasteiger partial charge in [0.2, 0.25) is 10.0 Å². The number of halogens is 2. The summed E-state index contributed by atoms with van der Waals surface area (Å²) in [6, 6.07) is 1.01. The number of benzene rings is 1. The van der Waals surface area contributed by atoms with Crippen molar-refractivity contribution in [2.75, 3.05) is 19.5 Å². The lowest BCUT2D eigenvalue weighted by Crippen LogP contribution is -2.34. The van der Waals surface area contributed by atoms with Crippen LogP contribution in [0.1, 0.15) is 13.3 Å². The minimum absolute atomic E-state index is 0.179. The first kappa shape index (κ1) is 15.8. The van der Waals surface area contributed by atoms with Crippen molar-refractivity contribution in [2.24, 2.45) is 0 Å². The van der Waals surface area contributed by atoms with Gasteiger partial charge in [-0.1, -0.05) is 0 Å². The Morgan fingerprint density at radius 3 is 2.37 bits per heavy atom. The number of nitrogen functional groups attached to an aromatic ring is 1. The van der Waals surface area contributed by atoms with Gasteiger partial charge in [-0.05, 0) is 25.5 Å². The maximum absolute atomic E-state index is 13.5. The number of hydrogen-bond donors (Lipinski definition) is 2. The highest BCUT2D eigenvalue weighted by Crippen LogP contribution is 2.21. The topological polar surface area (TPSA) is 81.4 Å². The zero-order valence-electron chi connectivity index (χ0n) is 10.6. The van der Waals surface area contributed by atoms with E-state index in [4.69, 9.17) is 10.5 Å². The van der Waals surface area contributed by atoms with E-state index in [0.717, 1.165) is 12.1 Å². The highest BCUT2D eigenvalue weighted by molar-refractivity contribution is 7.89. The number of hydrogen-bond acceptors (Lipinski definition) is 4. The monoisotopic (exact) mass is 294 g/mol. The molecular weight excluding hydrogens is 278 g/mol. The van der Waals surface area contributed by atoms with Gasteiger partial charge in [0.25, 0.3) is 0 Å². The molecule has 0 aliphatic rings. The second kappa shape index (κ2) is 6.27. The third-order valence-electron chi connectivity index (χ3n) is 2.40. The first-order valence-corrected chi connectivity index (χ1v) is 7.02. The average molecular weight is 294 g/mol. The molecule has 1 aromatic carbocycles. The average Bonchev–Trinajstić information content (AvgIpc) is 2.23. The Labute approximate surface area is 110 Å². The maximum atomic E-state index is 13.5. The van der Waals surface area contributed by atoms with Gasteiger partial charge in [-0.3, -0.25) is 0 Å². The fraction of sp³-hybridized carbons (Fsp3) is 0.455. The second-order valence-electron chi connectivity index (χ2n) is 4.12. The van der Waals surface area contributed by atoms with Crippen LogP contribution in [0.4, 0.5) is 14.5 Å². The fourth-order valence-corrected chi connectivity index (χ4v) is 2.91. The highest BCUT2D eigenvalue weighted by atomic mass is 32.2. The van der Waals surface area contributed by atoms with Gasteiger partial charge in [-0.15, -0.1) is 0 Å². The zero-order valence-corrected chi connectivity index (χ0v) is 11.4. The largest absolute Gasteiger partial charge is 0.399 e. The van der Waals surface area contributed by atoms with E-state index in [1.54, 1.807) is 6.92 Å². The highest BCUT2D eigenvalue weighted by Gasteiger charge is 2.26. The number of anilines is 1. The van der Waals surface area contributed by atoms with Crippen LogP contribution in [0.15, 0.2) is 17.0 Å². The summed E-state index contributed by atoms with van der Waals surface area (Å²) in [6.45, 7) is 1.90. The van der Waals surface area contributed by atoms with Crippen LogP contribution in [0, 0.1) is 11.6 Å². The molecule has 5 nitrogen and oxygen atoms in total. The molecule has 0 heterocycles. The third-order valence-corrected chi connectivity index (χ3v) is 4.04. The van der Waals surface area contributed by atoms with E-state index in [1.807, 2.05) is 0 Å². The number of ether oxygens (including phenoxy) is 1. The molecule has 0 radical (unpaired) electrons. The summed E-state index contributed by atoms with van der Waals surface area (Å²) in [4.78, 5) is -1.02. The van der Waals surface area contributed by atoms with Crippen LogP contribution in [0.25, 0.3) is 0 Å². The van der Waals surface area contributed by atoms with Gasteiger partial charge in [0.1, 0.15) is 11.6 Å². The molecule has 8 heteroatoms. The summed E-state index contributed by atoms with van der Waals surface area (Å²) in [5, 5.41) is 0. The molecule has 1 aromatic rings. The molecule has 0 spiro atoms. The fourth-order valence-electron chi connectivity index (χ4n) is 1.51. The van der Waals surface area contributed by atoms with E-state index >= 15 is 0 Å². The summed E-state index contributed by atoms with van der Waals surface area (Å²) in [5.41, 5.74) is 5.05. The normalized spacial score (nSPS) is 13.5. The second-order valence-corrected chi connectivity index (χ2v) is 5.77. The summed E-state index contributed by atoms with van der Waals surface area (Å²) < 4.78 is 57.8. The van der Waals surface area contributed by atoms with Crippen LogP contribution in [0.3, 0.4) is 0 Å². The van der Waals surface area contributed by atoms with Crippen LogP contribution in [0.2, 0.25) is 0 Å². The molecule has 0 amide bonds. The lowest BCUT2D eigenvalue weighted by molar-refractivity contribution is 0.188. The standard InChI is InChI=1S/C11H16F2N2O3S/c1-7(3-4-18-2)15-19(16,17)11-9(12)5-8(14)6-10(11)13/h5-7,15H,3-4,14H2,1-2H3. The van der Waals surface area contributed by atoms with E-state index in [-0.39, 0.29) is 5.69 Å². The van der Waals surface area contributed by atoms with E-state index in [9.17, 15) is 17.2 Å². The van der Waals surface area contributed by atoms with Gasteiger partial charge in [-0.25, -0.2) is 21.9 Å². The lowest BCUT2D eigenvalue weighted by Gasteiger charge is -2.14. The van der Waals surface area contributed by atoms with E-state index in [0.29, 0.717) is 13.0 Å². The number of rotatable bonds is 6. The molecule has 108 valence electrons.